The van der Waals surface area contributed by atoms with Gasteiger partial charge in [0.15, 0.2) is 0 Å². The van der Waals surface area contributed by atoms with Crippen LogP contribution in [-0.4, -0.2) is 50.9 Å². The molecule has 1 N–H and O–H groups in total. The zero-order chi connectivity index (χ0) is 31.1. The van der Waals surface area contributed by atoms with E-state index in [1.54, 1.807) is 49.4 Å². The molecule has 1 atom stereocenters. The number of amides is 2. The fourth-order valence-electron chi connectivity index (χ4n) is 5.33. The van der Waals surface area contributed by atoms with Crippen LogP contribution in [0.25, 0.3) is 0 Å². The van der Waals surface area contributed by atoms with Gasteiger partial charge in [0.25, 0.3) is 10.0 Å². The molecule has 1 saturated carbocycles. The quantitative estimate of drug-likeness (QED) is 0.281. The van der Waals surface area contributed by atoms with Crippen LogP contribution in [-0.2, 0) is 26.2 Å². The summed E-state index contributed by atoms with van der Waals surface area (Å²) in [6.07, 6.45) is 5.05. The van der Waals surface area contributed by atoms with Gasteiger partial charge in [-0.15, -0.1) is 0 Å². The predicted molar refractivity (Wildman–Crippen MR) is 170 cm³/mol. The van der Waals surface area contributed by atoms with Gasteiger partial charge in [0.2, 0.25) is 11.8 Å². The number of methoxy groups -OCH3 is 1. The topological polar surface area (TPSA) is 96.0 Å². The van der Waals surface area contributed by atoms with Gasteiger partial charge >= 0.3 is 0 Å². The molecule has 2 amide bonds. The Morgan fingerprint density at radius 2 is 1.65 bits per heavy atom. The van der Waals surface area contributed by atoms with Gasteiger partial charge in [-0.25, -0.2) is 8.42 Å². The number of rotatable bonds is 11. The first-order chi connectivity index (χ1) is 20.5. The normalized spacial score (nSPS) is 14.5. The molecule has 1 aliphatic carbocycles. The van der Waals surface area contributed by atoms with E-state index < -0.39 is 28.5 Å². The van der Waals surface area contributed by atoms with Gasteiger partial charge in [-0.1, -0.05) is 66.8 Å². The number of carbonyl (C=O) groups is 2. The van der Waals surface area contributed by atoms with Gasteiger partial charge in [-0.05, 0) is 81.1 Å². The Kier molecular flexibility index (Phi) is 10.7. The standard InChI is InChI=1S/C33H40ClN3O5S/c1-23-13-16-29(17-14-23)43(40,41)37(30-19-24(2)15-18-31(30)42-4)22-32(38)36(21-26-9-8-10-27(34)20-26)25(3)33(39)35-28-11-6-5-7-12-28/h8-10,13-20,25,28H,5-7,11-12,21-22H2,1-4H3,(H,35,39). The van der Waals surface area contributed by atoms with Crippen molar-refractivity contribution in [3.63, 3.8) is 0 Å². The summed E-state index contributed by atoms with van der Waals surface area (Å²) in [5.74, 6) is -0.507. The molecule has 3 aromatic carbocycles. The summed E-state index contributed by atoms with van der Waals surface area (Å²) in [7, 11) is -2.76. The van der Waals surface area contributed by atoms with Crippen molar-refractivity contribution in [2.24, 2.45) is 0 Å². The van der Waals surface area contributed by atoms with Gasteiger partial charge < -0.3 is 15.0 Å². The van der Waals surface area contributed by atoms with Crippen LogP contribution in [0.5, 0.6) is 5.75 Å². The summed E-state index contributed by atoms with van der Waals surface area (Å²) < 4.78 is 34.9. The largest absolute Gasteiger partial charge is 0.495 e. The van der Waals surface area contributed by atoms with Crippen LogP contribution < -0.4 is 14.4 Å². The lowest BCUT2D eigenvalue weighted by Crippen LogP contribution is -2.53. The number of halogens is 1. The Bertz CT molecular complexity index is 1540. The monoisotopic (exact) mass is 625 g/mol. The summed E-state index contributed by atoms with van der Waals surface area (Å²) in [5, 5.41) is 3.61. The number of sulfonamides is 1. The second-order valence-corrected chi connectivity index (χ2v) is 13.5. The van der Waals surface area contributed by atoms with E-state index in [1.807, 2.05) is 26.0 Å². The number of nitrogens with one attached hydrogen (secondary N) is 1. The van der Waals surface area contributed by atoms with E-state index in [9.17, 15) is 18.0 Å². The van der Waals surface area contributed by atoms with Crippen molar-refractivity contribution in [2.45, 2.75) is 76.4 Å². The second kappa shape index (κ2) is 14.3. The minimum Gasteiger partial charge on any atom is -0.495 e. The first-order valence-corrected chi connectivity index (χ1v) is 16.4. The van der Waals surface area contributed by atoms with Crippen LogP contribution in [0.15, 0.2) is 71.6 Å². The maximum atomic E-state index is 14.2. The molecule has 0 aromatic heterocycles. The summed E-state index contributed by atoms with van der Waals surface area (Å²) in [4.78, 5) is 29.2. The number of anilines is 1. The summed E-state index contributed by atoms with van der Waals surface area (Å²) in [5.41, 5.74) is 2.65. The molecule has 0 aliphatic heterocycles. The third-order valence-corrected chi connectivity index (χ3v) is 9.86. The lowest BCUT2D eigenvalue weighted by Gasteiger charge is -2.33. The number of carbonyl (C=O) groups excluding carboxylic acids is 2. The van der Waals surface area contributed by atoms with Crippen LogP contribution in [0.2, 0.25) is 5.02 Å². The van der Waals surface area contributed by atoms with E-state index in [0.717, 1.165) is 53.1 Å². The first-order valence-electron chi connectivity index (χ1n) is 14.6. The third kappa shape index (κ3) is 8.09. The Morgan fingerprint density at radius 3 is 2.30 bits per heavy atom. The van der Waals surface area contributed by atoms with Crippen LogP contribution in [0.1, 0.15) is 55.7 Å². The minimum atomic E-state index is -4.21. The summed E-state index contributed by atoms with van der Waals surface area (Å²) >= 11 is 6.25. The highest BCUT2D eigenvalue weighted by molar-refractivity contribution is 7.92. The molecule has 1 fully saturated rings. The van der Waals surface area contributed by atoms with E-state index in [-0.39, 0.29) is 29.1 Å². The summed E-state index contributed by atoms with van der Waals surface area (Å²) in [6, 6.07) is 17.9. The van der Waals surface area contributed by atoms with Crippen molar-refractivity contribution in [1.82, 2.24) is 10.2 Å². The molecule has 0 spiro atoms. The number of nitrogens with zero attached hydrogens (tertiary/aromatic N) is 2. The Balaban J connectivity index is 1.73. The van der Waals surface area contributed by atoms with Gasteiger partial charge in [0, 0.05) is 17.6 Å². The van der Waals surface area contributed by atoms with Crippen LogP contribution in [0.4, 0.5) is 5.69 Å². The molecular formula is C33H40ClN3O5S. The molecule has 0 bridgehead atoms. The molecule has 43 heavy (non-hydrogen) atoms. The van der Waals surface area contributed by atoms with Gasteiger partial charge in [-0.3, -0.25) is 13.9 Å². The molecule has 230 valence electrons. The molecule has 4 rings (SSSR count). The molecule has 8 nitrogen and oxygen atoms in total. The fourth-order valence-corrected chi connectivity index (χ4v) is 6.96. The zero-order valence-electron chi connectivity index (χ0n) is 25.2. The van der Waals surface area contributed by atoms with Crippen molar-refractivity contribution in [2.75, 3.05) is 18.0 Å². The van der Waals surface area contributed by atoms with Gasteiger partial charge in [0.05, 0.1) is 17.7 Å². The maximum absolute atomic E-state index is 14.2. The van der Waals surface area contributed by atoms with Crippen molar-refractivity contribution in [3.05, 3.63) is 88.4 Å². The highest BCUT2D eigenvalue weighted by Crippen LogP contribution is 2.34. The van der Waals surface area contributed by atoms with E-state index in [2.05, 4.69) is 5.32 Å². The second-order valence-electron chi connectivity index (χ2n) is 11.2. The fraction of sp³-hybridized carbons (Fsp3) is 0.394. The number of ether oxygens (including phenoxy) is 1. The van der Waals surface area contributed by atoms with Crippen molar-refractivity contribution < 1.29 is 22.7 Å². The third-order valence-electron chi connectivity index (χ3n) is 7.85. The molecule has 0 radical (unpaired) electrons. The first kappa shape index (κ1) is 32.4. The predicted octanol–water partition coefficient (Wildman–Crippen LogP) is 6.03. The van der Waals surface area contributed by atoms with Crippen molar-refractivity contribution >= 4 is 39.1 Å². The van der Waals surface area contributed by atoms with Crippen LogP contribution >= 0.6 is 11.6 Å². The number of hydrogen-bond donors (Lipinski definition) is 1. The molecule has 3 aromatic rings. The smallest absolute Gasteiger partial charge is 0.264 e. The number of hydrogen-bond acceptors (Lipinski definition) is 5. The molecular weight excluding hydrogens is 586 g/mol. The summed E-state index contributed by atoms with van der Waals surface area (Å²) in [6.45, 7) is 4.91. The average Bonchev–Trinajstić information content (AvgIpc) is 2.99. The molecule has 10 heteroatoms. The average molecular weight is 626 g/mol. The van der Waals surface area contributed by atoms with E-state index in [4.69, 9.17) is 16.3 Å². The molecule has 1 unspecified atom stereocenters. The van der Waals surface area contributed by atoms with Gasteiger partial charge in [-0.2, -0.15) is 0 Å². The molecule has 0 heterocycles. The lowest BCUT2D eigenvalue weighted by molar-refractivity contribution is -0.139. The van der Waals surface area contributed by atoms with E-state index in [1.165, 1.54) is 24.1 Å². The van der Waals surface area contributed by atoms with E-state index >= 15 is 0 Å². The Hall–Kier alpha value is -3.56. The molecule has 0 saturated heterocycles. The highest BCUT2D eigenvalue weighted by Gasteiger charge is 2.34. The zero-order valence-corrected chi connectivity index (χ0v) is 26.7. The van der Waals surface area contributed by atoms with Crippen molar-refractivity contribution in [3.8, 4) is 5.75 Å². The van der Waals surface area contributed by atoms with E-state index in [0.29, 0.717) is 10.8 Å². The highest BCUT2D eigenvalue weighted by atomic mass is 35.5. The lowest BCUT2D eigenvalue weighted by atomic mass is 9.95. The Morgan fingerprint density at radius 1 is 0.977 bits per heavy atom. The Labute approximate surface area is 260 Å². The van der Waals surface area contributed by atoms with Crippen molar-refractivity contribution in [1.29, 1.82) is 0 Å². The molecule has 1 aliphatic rings. The SMILES string of the molecule is COc1ccc(C)cc1N(CC(=O)N(Cc1cccc(Cl)c1)C(C)C(=O)NC1CCCCC1)S(=O)(=O)c1ccc(C)cc1. The maximum Gasteiger partial charge on any atom is 0.264 e. The number of aryl methyl sites for hydroxylation is 2. The minimum absolute atomic E-state index is 0.0407. The van der Waals surface area contributed by atoms with Crippen LogP contribution in [0.3, 0.4) is 0 Å². The van der Waals surface area contributed by atoms with Gasteiger partial charge in [0.1, 0.15) is 18.3 Å². The number of benzene rings is 3. The van der Waals surface area contributed by atoms with Crippen LogP contribution in [0, 0.1) is 13.8 Å².